The van der Waals surface area contributed by atoms with Gasteiger partial charge >= 0.3 is 5.69 Å². The van der Waals surface area contributed by atoms with Crippen molar-refractivity contribution in [3.05, 3.63) is 33.6 Å². The first kappa shape index (κ1) is 8.45. The highest BCUT2D eigenvalue weighted by Gasteiger charge is 2.18. The summed E-state index contributed by atoms with van der Waals surface area (Å²) < 4.78 is 12.8. The molecule has 0 aromatic heterocycles. The van der Waals surface area contributed by atoms with E-state index in [2.05, 4.69) is 0 Å². The molecule has 0 aliphatic heterocycles. The predicted octanol–water partition coefficient (Wildman–Crippen LogP) is 1.75. The molecule has 12 heavy (non-hydrogen) atoms. The number of halogens is 1. The molecule has 0 radical (unpaired) electrons. The molecule has 0 spiro atoms. The maximum absolute atomic E-state index is 12.8. The van der Waals surface area contributed by atoms with E-state index in [0.29, 0.717) is 0 Å². The van der Waals surface area contributed by atoms with Crippen LogP contribution in [0.5, 0.6) is 5.75 Å². The van der Waals surface area contributed by atoms with Crippen LogP contribution in [-0.2, 0) is 0 Å². The lowest BCUT2D eigenvalue weighted by atomic mass is 10.2. The molecule has 1 aromatic rings. The summed E-state index contributed by atoms with van der Waals surface area (Å²) in [5.41, 5.74) is -0.434. The van der Waals surface area contributed by atoms with E-state index >= 15 is 0 Å². The monoisotopic (exact) mass is 171 g/mol. The van der Waals surface area contributed by atoms with Crippen LogP contribution in [0.1, 0.15) is 5.56 Å². The SMILES string of the molecule is Cc1ccc([N+](=O)[O-])c(O)c1F. The first-order valence-corrected chi connectivity index (χ1v) is 3.16. The Morgan fingerprint density at radius 1 is 1.58 bits per heavy atom. The number of nitro benzene ring substituents is 1. The molecule has 1 rings (SSSR count). The molecule has 0 unspecified atom stereocenters. The van der Waals surface area contributed by atoms with Crippen LogP contribution >= 0.6 is 0 Å². The van der Waals surface area contributed by atoms with Crippen molar-refractivity contribution in [2.24, 2.45) is 0 Å². The second kappa shape index (κ2) is 2.77. The summed E-state index contributed by atoms with van der Waals surface area (Å²) in [5.74, 6) is -1.84. The number of aromatic hydroxyl groups is 1. The molecule has 0 saturated carbocycles. The fourth-order valence-corrected chi connectivity index (χ4v) is 0.803. The lowest BCUT2D eigenvalue weighted by Crippen LogP contribution is -1.92. The van der Waals surface area contributed by atoms with E-state index in [4.69, 9.17) is 5.11 Å². The van der Waals surface area contributed by atoms with Gasteiger partial charge in [0, 0.05) is 6.07 Å². The number of phenolic OH excluding ortho intramolecular Hbond substituents is 1. The minimum atomic E-state index is -0.941. The average molecular weight is 171 g/mol. The van der Waals surface area contributed by atoms with Gasteiger partial charge in [0.15, 0.2) is 5.82 Å². The Morgan fingerprint density at radius 3 is 2.67 bits per heavy atom. The molecule has 0 atom stereocenters. The van der Waals surface area contributed by atoms with E-state index in [1.807, 2.05) is 0 Å². The van der Waals surface area contributed by atoms with Crippen LogP contribution in [0.25, 0.3) is 0 Å². The Kier molecular flexibility index (Phi) is 1.95. The zero-order valence-corrected chi connectivity index (χ0v) is 6.24. The summed E-state index contributed by atoms with van der Waals surface area (Å²) in [6.07, 6.45) is 0. The van der Waals surface area contributed by atoms with Gasteiger partial charge in [-0.2, -0.15) is 0 Å². The first-order valence-electron chi connectivity index (χ1n) is 3.16. The maximum atomic E-state index is 12.8. The third-order valence-corrected chi connectivity index (χ3v) is 1.48. The van der Waals surface area contributed by atoms with E-state index in [-0.39, 0.29) is 5.56 Å². The normalized spacial score (nSPS) is 9.83. The van der Waals surface area contributed by atoms with Gasteiger partial charge in [0.05, 0.1) is 4.92 Å². The molecule has 5 heteroatoms. The second-order valence-electron chi connectivity index (χ2n) is 2.32. The van der Waals surface area contributed by atoms with Gasteiger partial charge in [-0.15, -0.1) is 0 Å². The summed E-state index contributed by atoms with van der Waals surface area (Å²) >= 11 is 0. The molecule has 0 aliphatic carbocycles. The molecule has 1 aromatic carbocycles. The summed E-state index contributed by atoms with van der Waals surface area (Å²) in [4.78, 5) is 9.33. The summed E-state index contributed by atoms with van der Waals surface area (Å²) in [5, 5.41) is 19.1. The van der Waals surface area contributed by atoms with Gasteiger partial charge < -0.3 is 5.11 Å². The lowest BCUT2D eigenvalue weighted by molar-refractivity contribution is -0.386. The number of phenols is 1. The third kappa shape index (κ3) is 1.20. The van der Waals surface area contributed by atoms with Crippen LogP contribution in [0.15, 0.2) is 12.1 Å². The molecule has 64 valence electrons. The smallest absolute Gasteiger partial charge is 0.313 e. The summed E-state index contributed by atoms with van der Waals surface area (Å²) in [7, 11) is 0. The fourth-order valence-electron chi connectivity index (χ4n) is 0.803. The average Bonchev–Trinajstić information content (AvgIpc) is 2.00. The van der Waals surface area contributed by atoms with Gasteiger partial charge in [-0.05, 0) is 18.6 Å². The lowest BCUT2D eigenvalue weighted by Gasteiger charge is -1.99. The van der Waals surface area contributed by atoms with Gasteiger partial charge in [-0.1, -0.05) is 0 Å². The molecule has 0 heterocycles. The fraction of sp³-hybridized carbons (Fsp3) is 0.143. The first-order chi connectivity index (χ1) is 5.54. The van der Waals surface area contributed by atoms with Crippen LogP contribution in [0.3, 0.4) is 0 Å². The van der Waals surface area contributed by atoms with Crippen molar-refractivity contribution in [2.45, 2.75) is 6.92 Å². The number of benzene rings is 1. The molecule has 0 aliphatic rings. The van der Waals surface area contributed by atoms with Crippen molar-refractivity contribution in [1.29, 1.82) is 0 Å². The Morgan fingerprint density at radius 2 is 2.17 bits per heavy atom. The molecule has 4 nitrogen and oxygen atoms in total. The topological polar surface area (TPSA) is 63.4 Å². The van der Waals surface area contributed by atoms with Crippen LogP contribution in [0.2, 0.25) is 0 Å². The van der Waals surface area contributed by atoms with E-state index in [1.165, 1.54) is 13.0 Å². The number of hydrogen-bond donors (Lipinski definition) is 1. The Bertz CT molecular complexity index is 338. The zero-order chi connectivity index (χ0) is 9.30. The molecule has 0 bridgehead atoms. The highest BCUT2D eigenvalue weighted by Crippen LogP contribution is 2.29. The van der Waals surface area contributed by atoms with Gasteiger partial charge in [0.1, 0.15) is 0 Å². The largest absolute Gasteiger partial charge is 0.500 e. The number of hydrogen-bond acceptors (Lipinski definition) is 3. The van der Waals surface area contributed by atoms with E-state index < -0.39 is 22.2 Å². The predicted molar refractivity (Wildman–Crippen MR) is 39.5 cm³/mol. The third-order valence-electron chi connectivity index (χ3n) is 1.48. The molecule has 0 saturated heterocycles. The zero-order valence-electron chi connectivity index (χ0n) is 6.24. The molecular weight excluding hydrogens is 165 g/mol. The standard InChI is InChI=1S/C7H6FNO3/c1-4-2-3-5(9(11)12)7(10)6(4)8/h2-3,10H,1H3. The highest BCUT2D eigenvalue weighted by molar-refractivity contribution is 5.48. The van der Waals surface area contributed by atoms with E-state index in [0.717, 1.165) is 6.07 Å². The number of nitro groups is 1. The Hall–Kier alpha value is -1.65. The van der Waals surface area contributed by atoms with Crippen molar-refractivity contribution in [3.63, 3.8) is 0 Å². The molecule has 1 N–H and O–H groups in total. The summed E-state index contributed by atoms with van der Waals surface area (Å²) in [6.45, 7) is 1.42. The molecule has 0 fully saturated rings. The van der Waals surface area contributed by atoms with Gasteiger partial charge in [0.2, 0.25) is 5.75 Å². The highest BCUT2D eigenvalue weighted by atomic mass is 19.1. The second-order valence-corrected chi connectivity index (χ2v) is 2.32. The van der Waals surface area contributed by atoms with Gasteiger partial charge in [-0.3, -0.25) is 10.1 Å². The minimum absolute atomic E-state index is 0.179. The number of nitrogens with zero attached hydrogens (tertiary/aromatic N) is 1. The van der Waals surface area contributed by atoms with E-state index in [9.17, 15) is 14.5 Å². The van der Waals surface area contributed by atoms with Crippen molar-refractivity contribution in [3.8, 4) is 5.75 Å². The van der Waals surface area contributed by atoms with Crippen molar-refractivity contribution in [1.82, 2.24) is 0 Å². The van der Waals surface area contributed by atoms with Crippen molar-refractivity contribution >= 4 is 5.69 Å². The number of rotatable bonds is 1. The molecular formula is C7H6FNO3. The van der Waals surface area contributed by atoms with E-state index in [1.54, 1.807) is 0 Å². The quantitative estimate of drug-likeness (QED) is 0.517. The summed E-state index contributed by atoms with van der Waals surface area (Å²) in [6, 6.07) is 2.31. The van der Waals surface area contributed by atoms with Crippen molar-refractivity contribution in [2.75, 3.05) is 0 Å². The van der Waals surface area contributed by atoms with Gasteiger partial charge in [-0.25, -0.2) is 4.39 Å². The number of aryl methyl sites for hydroxylation is 1. The molecule has 0 amide bonds. The Labute approximate surface area is 67.4 Å². The maximum Gasteiger partial charge on any atom is 0.313 e. The van der Waals surface area contributed by atoms with Crippen LogP contribution in [0, 0.1) is 22.9 Å². The minimum Gasteiger partial charge on any atom is -0.500 e. The van der Waals surface area contributed by atoms with Crippen LogP contribution in [0.4, 0.5) is 10.1 Å². The van der Waals surface area contributed by atoms with Crippen LogP contribution in [-0.4, -0.2) is 10.0 Å². The van der Waals surface area contributed by atoms with Crippen molar-refractivity contribution < 1.29 is 14.4 Å². The Balaban J connectivity index is 3.36. The van der Waals surface area contributed by atoms with Gasteiger partial charge in [0.25, 0.3) is 0 Å². The van der Waals surface area contributed by atoms with Crippen LogP contribution < -0.4 is 0 Å².